The van der Waals surface area contributed by atoms with Gasteiger partial charge in [0.15, 0.2) is 0 Å². The van der Waals surface area contributed by atoms with E-state index in [9.17, 15) is 0 Å². The van der Waals surface area contributed by atoms with Crippen molar-refractivity contribution >= 4 is 11.9 Å². The zero-order valence-electron chi connectivity index (χ0n) is 24.1. The largest absolute Gasteiger partial charge is 0.481 e. The molecule has 0 amide bonds. The predicted molar refractivity (Wildman–Crippen MR) is 147 cm³/mol. The van der Waals surface area contributed by atoms with Crippen molar-refractivity contribution < 1.29 is 61.8 Å². The molecule has 0 atom stereocenters. The molecule has 0 unspecified atom stereocenters. The first-order valence-electron chi connectivity index (χ1n) is 12.0. The van der Waals surface area contributed by atoms with Crippen LogP contribution in [0.4, 0.5) is 0 Å². The van der Waals surface area contributed by atoms with Crippen LogP contribution in [0.25, 0.3) is 0 Å². The van der Waals surface area contributed by atoms with Crippen molar-refractivity contribution in [3.8, 4) is 0 Å². The van der Waals surface area contributed by atoms with Crippen molar-refractivity contribution in [2.24, 2.45) is 0 Å². The van der Waals surface area contributed by atoms with E-state index in [0.29, 0.717) is 33.0 Å². The first-order chi connectivity index (χ1) is 15.5. The summed E-state index contributed by atoms with van der Waals surface area (Å²) < 4.78 is 0. The molecule has 0 fully saturated rings. The lowest BCUT2D eigenvalue weighted by Gasteiger charge is -1.79. The molecule has 36 heavy (non-hydrogen) atoms. The quantitative estimate of drug-likeness (QED) is 0.210. The third kappa shape index (κ3) is 439. The number of carboxylic acids is 2. The van der Waals surface area contributed by atoms with Gasteiger partial charge >= 0.3 is 0 Å². The summed E-state index contributed by atoms with van der Waals surface area (Å²) in [7, 11) is 0. The molecule has 0 aliphatic carbocycles. The van der Waals surface area contributed by atoms with Gasteiger partial charge in [0, 0.05) is 46.9 Å². The summed E-state index contributed by atoms with van der Waals surface area (Å²) >= 11 is 0. The van der Waals surface area contributed by atoms with Crippen LogP contribution in [0.2, 0.25) is 0 Å². The standard InChI is InChI=1S/5C4H10O.2C2H4O2.3H2O/c5*1-2-3-4-5;2*1-2(3)4;;;/h5*5H,2-4H2,1H3;2*1H3,(H,3,4);3*1H2. The summed E-state index contributed by atoms with van der Waals surface area (Å²) in [5.74, 6) is -1.67. The lowest BCUT2D eigenvalue weighted by Crippen LogP contribution is -1.78. The number of hydrogen-bond donors (Lipinski definition) is 7. The maximum Gasteiger partial charge on any atom is 0.300 e. The normalized spacial score (nSPS) is 7.22. The SMILES string of the molecule is CC(=O)O.CC(=O)O.CCCCO.CCCCO.CCCCO.CCCCO.CCCCO.O.O.O. The first-order valence-corrected chi connectivity index (χ1v) is 12.0. The van der Waals surface area contributed by atoms with Crippen molar-refractivity contribution in [3.05, 3.63) is 0 Å². The number of carboxylic acid groups (broad SMARTS) is 2. The topological polar surface area (TPSA) is 270 Å². The molecule has 13 N–H and O–H groups in total. The Morgan fingerprint density at radius 3 is 0.500 bits per heavy atom. The fraction of sp³-hybridized carbons (Fsp3) is 0.917. The number of aliphatic hydroxyl groups excluding tert-OH is 5. The molecule has 0 bridgehead atoms. The zero-order valence-corrected chi connectivity index (χ0v) is 24.1. The molecule has 0 saturated heterocycles. The van der Waals surface area contributed by atoms with Gasteiger partial charge < -0.3 is 52.2 Å². The van der Waals surface area contributed by atoms with E-state index in [-0.39, 0.29) is 16.4 Å². The second-order valence-electron chi connectivity index (χ2n) is 6.42. The van der Waals surface area contributed by atoms with Crippen LogP contribution < -0.4 is 0 Å². The third-order valence-corrected chi connectivity index (χ3v) is 2.56. The van der Waals surface area contributed by atoms with E-state index < -0.39 is 11.9 Å². The summed E-state index contributed by atoms with van der Waals surface area (Å²) in [6.45, 7) is 14.1. The molecule has 232 valence electrons. The number of carbonyl (C=O) groups is 2. The average Bonchev–Trinajstić information content (AvgIpc) is 2.72. The van der Waals surface area contributed by atoms with Crippen molar-refractivity contribution in [3.63, 3.8) is 0 Å². The van der Waals surface area contributed by atoms with E-state index in [2.05, 4.69) is 34.6 Å². The molecule has 0 aromatic rings. The van der Waals surface area contributed by atoms with Crippen molar-refractivity contribution in [1.82, 2.24) is 0 Å². The Kier molecular flexibility index (Phi) is 167. The highest BCUT2D eigenvalue weighted by Crippen LogP contribution is 1.80. The van der Waals surface area contributed by atoms with E-state index in [4.69, 9.17) is 45.3 Å². The Labute approximate surface area is 219 Å². The van der Waals surface area contributed by atoms with Crippen LogP contribution in [-0.4, -0.2) is 97.1 Å². The molecule has 0 aromatic carbocycles. The van der Waals surface area contributed by atoms with Crippen LogP contribution in [0.5, 0.6) is 0 Å². The number of aliphatic carboxylic acids is 2. The fourth-order valence-electron chi connectivity index (χ4n) is 0.791. The Bertz CT molecular complexity index is 217. The van der Waals surface area contributed by atoms with Gasteiger partial charge in [-0.3, -0.25) is 9.59 Å². The number of aliphatic hydroxyl groups is 5. The van der Waals surface area contributed by atoms with Crippen LogP contribution in [0.1, 0.15) is 113 Å². The summed E-state index contributed by atoms with van der Waals surface area (Å²) in [6, 6.07) is 0. The molecule has 0 rings (SSSR count). The monoisotopic (exact) mass is 544 g/mol. The number of rotatable bonds is 10. The molecule has 0 aliphatic heterocycles. The molecular formula is C24H64O12. The minimum absolute atomic E-state index is 0. The predicted octanol–water partition coefficient (Wildman–Crippen LogP) is 1.60. The molecular weight excluding hydrogens is 480 g/mol. The highest BCUT2D eigenvalue weighted by atomic mass is 16.4. The minimum Gasteiger partial charge on any atom is -0.481 e. The molecule has 0 saturated carbocycles. The maximum atomic E-state index is 9.00. The fourth-order valence-corrected chi connectivity index (χ4v) is 0.791. The van der Waals surface area contributed by atoms with Crippen LogP contribution >= 0.6 is 0 Å². The van der Waals surface area contributed by atoms with Crippen LogP contribution in [0, 0.1) is 0 Å². The molecule has 0 spiro atoms. The van der Waals surface area contributed by atoms with Crippen molar-refractivity contribution in [1.29, 1.82) is 0 Å². The molecule has 0 heterocycles. The maximum absolute atomic E-state index is 9.00. The summed E-state index contributed by atoms with van der Waals surface area (Å²) in [5.41, 5.74) is 0. The van der Waals surface area contributed by atoms with Crippen molar-refractivity contribution in [2.45, 2.75) is 113 Å². The van der Waals surface area contributed by atoms with E-state index in [1.807, 2.05) is 0 Å². The third-order valence-electron chi connectivity index (χ3n) is 2.56. The van der Waals surface area contributed by atoms with Gasteiger partial charge in [-0.25, -0.2) is 0 Å². The molecule has 12 heteroatoms. The van der Waals surface area contributed by atoms with Crippen LogP contribution in [-0.2, 0) is 9.59 Å². The van der Waals surface area contributed by atoms with Crippen LogP contribution in [0.15, 0.2) is 0 Å². The van der Waals surface area contributed by atoms with Gasteiger partial charge in [0.05, 0.1) is 0 Å². The smallest absolute Gasteiger partial charge is 0.300 e. The molecule has 0 aromatic heterocycles. The summed E-state index contributed by atoms with van der Waals surface area (Å²) in [6.07, 6.45) is 10.2. The van der Waals surface area contributed by atoms with E-state index in [1.165, 1.54) is 0 Å². The van der Waals surface area contributed by atoms with Gasteiger partial charge in [-0.05, 0) is 32.1 Å². The highest BCUT2D eigenvalue weighted by Gasteiger charge is 1.71. The number of hydrogen-bond acceptors (Lipinski definition) is 7. The Balaban J connectivity index is -0.0000000271. The average molecular weight is 545 g/mol. The van der Waals surface area contributed by atoms with E-state index >= 15 is 0 Å². The number of unbranched alkanes of at least 4 members (excludes halogenated alkanes) is 5. The van der Waals surface area contributed by atoms with Gasteiger partial charge in [-0.1, -0.05) is 66.7 Å². The van der Waals surface area contributed by atoms with Gasteiger partial charge in [-0.15, -0.1) is 0 Å². The summed E-state index contributed by atoms with van der Waals surface area (Å²) in [4.78, 5) is 18.0. The van der Waals surface area contributed by atoms with Gasteiger partial charge in [-0.2, -0.15) is 0 Å². The zero-order chi connectivity index (χ0) is 27.8. The highest BCUT2D eigenvalue weighted by molar-refractivity contribution is 5.63. The first kappa shape index (κ1) is 64.6. The second kappa shape index (κ2) is 92.9. The minimum atomic E-state index is -0.833. The summed E-state index contributed by atoms with van der Waals surface area (Å²) in [5, 5.41) is 55.2. The molecule has 0 radical (unpaired) electrons. The van der Waals surface area contributed by atoms with Gasteiger partial charge in [0.2, 0.25) is 0 Å². The van der Waals surface area contributed by atoms with Crippen molar-refractivity contribution in [2.75, 3.05) is 33.0 Å². The van der Waals surface area contributed by atoms with E-state index in [1.54, 1.807) is 0 Å². The van der Waals surface area contributed by atoms with Crippen LogP contribution in [0.3, 0.4) is 0 Å². The molecule has 0 aliphatic rings. The second-order valence-corrected chi connectivity index (χ2v) is 6.42. The molecule has 12 nitrogen and oxygen atoms in total. The Morgan fingerprint density at radius 2 is 0.500 bits per heavy atom. The van der Waals surface area contributed by atoms with Gasteiger partial charge in [0.1, 0.15) is 0 Å². The Hall–Kier alpha value is -1.38. The lowest BCUT2D eigenvalue weighted by molar-refractivity contribution is -0.135. The van der Waals surface area contributed by atoms with E-state index in [0.717, 1.165) is 78.1 Å². The van der Waals surface area contributed by atoms with Gasteiger partial charge in [0.25, 0.3) is 11.9 Å². The lowest BCUT2D eigenvalue weighted by atomic mass is 10.4. The Morgan fingerprint density at radius 1 is 0.417 bits per heavy atom.